The van der Waals surface area contributed by atoms with Crippen LogP contribution in [-0.2, 0) is 4.79 Å². The Morgan fingerprint density at radius 3 is 2.19 bits per heavy atom. The van der Waals surface area contributed by atoms with E-state index in [1.165, 1.54) is 11.1 Å². The molecular formula is C18H29NO2. The van der Waals surface area contributed by atoms with E-state index in [4.69, 9.17) is 10.8 Å². The van der Waals surface area contributed by atoms with Crippen molar-refractivity contribution in [1.82, 2.24) is 0 Å². The maximum absolute atomic E-state index is 10.8. The van der Waals surface area contributed by atoms with Crippen molar-refractivity contribution in [2.24, 2.45) is 11.7 Å². The molecule has 0 radical (unpaired) electrons. The highest BCUT2D eigenvalue weighted by molar-refractivity contribution is 5.66. The first-order valence-corrected chi connectivity index (χ1v) is 7.83. The lowest BCUT2D eigenvalue weighted by Gasteiger charge is -2.22. The van der Waals surface area contributed by atoms with Crippen molar-refractivity contribution in [3.63, 3.8) is 0 Å². The van der Waals surface area contributed by atoms with Crippen molar-refractivity contribution in [2.45, 2.75) is 65.3 Å². The fraction of sp³-hybridized carbons (Fsp3) is 0.611. The van der Waals surface area contributed by atoms with Crippen molar-refractivity contribution >= 4 is 5.97 Å². The highest BCUT2D eigenvalue weighted by Gasteiger charge is 2.18. The van der Waals surface area contributed by atoms with E-state index in [0.717, 1.165) is 5.56 Å². The van der Waals surface area contributed by atoms with Gasteiger partial charge in [-0.25, -0.2) is 0 Å². The minimum absolute atomic E-state index is 0.0855. The van der Waals surface area contributed by atoms with Gasteiger partial charge in [-0.15, -0.1) is 0 Å². The molecule has 1 aromatic rings. The molecule has 0 aliphatic rings. The Labute approximate surface area is 128 Å². The molecule has 3 nitrogen and oxygen atoms in total. The second kappa shape index (κ2) is 7.60. The van der Waals surface area contributed by atoms with Gasteiger partial charge in [0, 0.05) is 12.5 Å². The molecule has 2 atom stereocenters. The van der Waals surface area contributed by atoms with Gasteiger partial charge < -0.3 is 10.8 Å². The first-order chi connectivity index (χ1) is 9.72. The maximum Gasteiger partial charge on any atom is 0.303 e. The van der Waals surface area contributed by atoms with Gasteiger partial charge in [-0.3, -0.25) is 4.79 Å². The summed E-state index contributed by atoms with van der Waals surface area (Å²) in [4.78, 5) is 10.8. The molecule has 0 bridgehead atoms. The smallest absolute Gasteiger partial charge is 0.303 e. The lowest BCUT2D eigenvalue weighted by molar-refractivity contribution is -0.138. The van der Waals surface area contributed by atoms with Gasteiger partial charge in [0.05, 0.1) is 0 Å². The van der Waals surface area contributed by atoms with Crippen LogP contribution in [0.25, 0.3) is 0 Å². The molecule has 118 valence electrons. The number of benzene rings is 1. The van der Waals surface area contributed by atoms with E-state index < -0.39 is 5.97 Å². The van der Waals surface area contributed by atoms with Crippen LogP contribution in [0.4, 0.5) is 0 Å². The molecule has 3 heteroatoms. The minimum Gasteiger partial charge on any atom is -0.481 e. The summed E-state index contributed by atoms with van der Waals surface area (Å²) >= 11 is 0. The fourth-order valence-corrected chi connectivity index (χ4v) is 2.73. The second-order valence-electron chi connectivity index (χ2n) is 6.74. The SMILES string of the molecule is CC(CC(=O)O)CC(N)c1ccc(C(C)C)cc1C(C)C. The monoisotopic (exact) mass is 291 g/mol. The first-order valence-electron chi connectivity index (χ1n) is 7.83. The zero-order chi connectivity index (χ0) is 16.2. The summed E-state index contributed by atoms with van der Waals surface area (Å²) in [5, 5.41) is 8.87. The summed E-state index contributed by atoms with van der Waals surface area (Å²) < 4.78 is 0. The van der Waals surface area contributed by atoms with E-state index in [1.54, 1.807) is 0 Å². The normalized spacial score (nSPS) is 14.5. The van der Waals surface area contributed by atoms with Crippen molar-refractivity contribution in [2.75, 3.05) is 0 Å². The van der Waals surface area contributed by atoms with Gasteiger partial charge in [0.15, 0.2) is 0 Å². The van der Waals surface area contributed by atoms with Crippen LogP contribution in [0.2, 0.25) is 0 Å². The molecular weight excluding hydrogens is 262 g/mol. The van der Waals surface area contributed by atoms with Gasteiger partial charge in [0.2, 0.25) is 0 Å². The molecule has 0 fully saturated rings. The van der Waals surface area contributed by atoms with E-state index in [2.05, 4.69) is 45.9 Å². The van der Waals surface area contributed by atoms with Crippen LogP contribution in [0.15, 0.2) is 18.2 Å². The first kappa shape index (κ1) is 17.7. The van der Waals surface area contributed by atoms with Crippen LogP contribution in [0, 0.1) is 5.92 Å². The predicted octanol–water partition coefficient (Wildman–Crippen LogP) is 4.43. The quantitative estimate of drug-likeness (QED) is 0.781. The van der Waals surface area contributed by atoms with Crippen LogP contribution in [0.5, 0.6) is 0 Å². The standard InChI is InChI=1S/C18H29NO2/c1-11(2)14-6-7-15(16(10-14)12(3)4)17(19)8-13(5)9-18(20)21/h6-7,10-13,17H,8-9,19H2,1-5H3,(H,20,21). The van der Waals surface area contributed by atoms with Crippen molar-refractivity contribution in [3.8, 4) is 0 Å². The molecule has 0 saturated carbocycles. The number of hydrogen-bond donors (Lipinski definition) is 2. The van der Waals surface area contributed by atoms with Gasteiger partial charge in [0.1, 0.15) is 0 Å². The van der Waals surface area contributed by atoms with E-state index in [-0.39, 0.29) is 18.4 Å². The molecule has 0 heterocycles. The van der Waals surface area contributed by atoms with Crippen LogP contribution in [0.1, 0.15) is 82.0 Å². The number of rotatable bonds is 7. The largest absolute Gasteiger partial charge is 0.481 e. The molecule has 1 aromatic carbocycles. The van der Waals surface area contributed by atoms with Crippen LogP contribution in [0.3, 0.4) is 0 Å². The average Bonchev–Trinajstić information content (AvgIpc) is 2.36. The molecule has 3 N–H and O–H groups in total. The number of carbonyl (C=O) groups is 1. The molecule has 21 heavy (non-hydrogen) atoms. The molecule has 0 amide bonds. The van der Waals surface area contributed by atoms with Gasteiger partial charge in [-0.1, -0.05) is 52.8 Å². The van der Waals surface area contributed by atoms with Crippen molar-refractivity contribution < 1.29 is 9.90 Å². The summed E-state index contributed by atoms with van der Waals surface area (Å²) in [5.41, 5.74) is 10.1. The third-order valence-corrected chi connectivity index (χ3v) is 3.98. The number of aliphatic carboxylic acids is 1. The van der Waals surface area contributed by atoms with E-state index in [0.29, 0.717) is 18.3 Å². The van der Waals surface area contributed by atoms with Gasteiger partial charge in [-0.05, 0) is 40.9 Å². The number of carboxylic acids is 1. The lowest BCUT2D eigenvalue weighted by Crippen LogP contribution is -2.18. The van der Waals surface area contributed by atoms with Gasteiger partial charge >= 0.3 is 5.97 Å². The molecule has 0 aliphatic carbocycles. The summed E-state index contributed by atoms with van der Waals surface area (Å²) in [6.45, 7) is 10.7. The number of hydrogen-bond acceptors (Lipinski definition) is 2. The lowest BCUT2D eigenvalue weighted by atomic mass is 9.86. The Hall–Kier alpha value is -1.35. The highest BCUT2D eigenvalue weighted by Crippen LogP contribution is 2.31. The highest BCUT2D eigenvalue weighted by atomic mass is 16.4. The molecule has 0 aliphatic heterocycles. The zero-order valence-corrected chi connectivity index (χ0v) is 13.9. The third-order valence-electron chi connectivity index (χ3n) is 3.98. The van der Waals surface area contributed by atoms with E-state index in [1.807, 2.05) is 6.92 Å². The van der Waals surface area contributed by atoms with Gasteiger partial charge in [-0.2, -0.15) is 0 Å². The Bertz CT molecular complexity index is 480. The Morgan fingerprint density at radius 2 is 1.71 bits per heavy atom. The Morgan fingerprint density at radius 1 is 1.10 bits per heavy atom. The molecule has 0 spiro atoms. The Kier molecular flexibility index (Phi) is 6.41. The topological polar surface area (TPSA) is 63.3 Å². The molecule has 1 rings (SSSR count). The molecule has 2 unspecified atom stereocenters. The van der Waals surface area contributed by atoms with E-state index >= 15 is 0 Å². The minimum atomic E-state index is -0.756. The van der Waals surface area contributed by atoms with Crippen molar-refractivity contribution in [3.05, 3.63) is 34.9 Å². The average molecular weight is 291 g/mol. The Balaban J connectivity index is 2.97. The predicted molar refractivity (Wildman–Crippen MR) is 87.6 cm³/mol. The summed E-state index contributed by atoms with van der Waals surface area (Å²) in [7, 11) is 0. The third kappa shape index (κ3) is 5.16. The fourth-order valence-electron chi connectivity index (χ4n) is 2.73. The van der Waals surface area contributed by atoms with Crippen LogP contribution < -0.4 is 5.73 Å². The van der Waals surface area contributed by atoms with E-state index in [9.17, 15) is 4.79 Å². The summed E-state index contributed by atoms with van der Waals surface area (Å²) in [6, 6.07) is 6.43. The van der Waals surface area contributed by atoms with Crippen molar-refractivity contribution in [1.29, 1.82) is 0 Å². The second-order valence-corrected chi connectivity index (χ2v) is 6.74. The number of nitrogens with two attached hydrogens (primary N) is 1. The van der Waals surface area contributed by atoms with Crippen LogP contribution in [-0.4, -0.2) is 11.1 Å². The van der Waals surface area contributed by atoms with Gasteiger partial charge in [0.25, 0.3) is 0 Å². The maximum atomic E-state index is 10.8. The zero-order valence-electron chi connectivity index (χ0n) is 13.9. The summed E-state index contributed by atoms with van der Waals surface area (Å²) in [5.74, 6) is 0.245. The number of carboxylic acid groups (broad SMARTS) is 1. The summed E-state index contributed by atoms with van der Waals surface area (Å²) in [6.07, 6.45) is 0.877. The molecule has 0 saturated heterocycles. The van der Waals surface area contributed by atoms with Crippen LogP contribution >= 0.6 is 0 Å². The molecule has 0 aromatic heterocycles.